The summed E-state index contributed by atoms with van der Waals surface area (Å²) in [5.41, 5.74) is 1.64. The Morgan fingerprint density at radius 3 is 2.67 bits per heavy atom. The fourth-order valence-corrected chi connectivity index (χ4v) is 2.68. The van der Waals surface area contributed by atoms with E-state index in [4.69, 9.17) is 16.3 Å². The van der Waals surface area contributed by atoms with Crippen LogP contribution >= 0.6 is 11.6 Å². The summed E-state index contributed by atoms with van der Waals surface area (Å²) < 4.78 is 5.89. The lowest BCUT2D eigenvalue weighted by Crippen LogP contribution is -2.30. The summed E-state index contributed by atoms with van der Waals surface area (Å²) in [4.78, 5) is 12.4. The number of fused-ring (bicyclic) bond motifs is 1. The van der Waals surface area contributed by atoms with Gasteiger partial charge in [0.25, 0.3) is 5.91 Å². The third-order valence-corrected chi connectivity index (χ3v) is 4.12. The maximum absolute atomic E-state index is 12.4. The van der Waals surface area contributed by atoms with Crippen molar-refractivity contribution in [1.29, 1.82) is 0 Å². The van der Waals surface area contributed by atoms with Crippen LogP contribution in [0.25, 0.3) is 10.8 Å². The molecule has 24 heavy (non-hydrogen) atoms. The van der Waals surface area contributed by atoms with Crippen LogP contribution in [0.5, 0.6) is 5.75 Å². The molecule has 0 aliphatic carbocycles. The Morgan fingerprint density at radius 1 is 1.08 bits per heavy atom. The van der Waals surface area contributed by atoms with Gasteiger partial charge in [0.05, 0.1) is 0 Å². The normalized spacial score (nSPS) is 12.0. The highest BCUT2D eigenvalue weighted by atomic mass is 35.5. The van der Waals surface area contributed by atoms with Crippen molar-refractivity contribution in [1.82, 2.24) is 0 Å². The molecule has 0 fully saturated rings. The number of nitrogens with one attached hydrogen (secondary N) is 1. The molecule has 0 radical (unpaired) electrons. The first-order valence-corrected chi connectivity index (χ1v) is 8.14. The molecule has 0 saturated heterocycles. The predicted octanol–water partition coefficient (Wildman–Crippen LogP) is 5.21. The van der Waals surface area contributed by atoms with Gasteiger partial charge in [0.15, 0.2) is 6.10 Å². The summed E-state index contributed by atoms with van der Waals surface area (Å²) in [6, 6.07) is 19.1. The zero-order valence-corrected chi connectivity index (χ0v) is 14.3. The van der Waals surface area contributed by atoms with E-state index in [1.807, 2.05) is 55.5 Å². The van der Waals surface area contributed by atoms with Crippen LogP contribution in [-0.2, 0) is 4.79 Å². The molecule has 0 unspecified atom stereocenters. The number of anilines is 1. The van der Waals surface area contributed by atoms with Gasteiger partial charge in [0.1, 0.15) is 5.75 Å². The average molecular weight is 340 g/mol. The van der Waals surface area contributed by atoms with Gasteiger partial charge < -0.3 is 10.1 Å². The molecule has 3 rings (SSSR count). The molecule has 122 valence electrons. The number of benzene rings is 3. The molecule has 1 atom stereocenters. The van der Waals surface area contributed by atoms with E-state index in [0.717, 1.165) is 16.3 Å². The van der Waals surface area contributed by atoms with E-state index in [2.05, 4.69) is 5.32 Å². The van der Waals surface area contributed by atoms with Crippen molar-refractivity contribution < 1.29 is 9.53 Å². The first-order chi connectivity index (χ1) is 11.5. The van der Waals surface area contributed by atoms with Crippen molar-refractivity contribution in [2.75, 3.05) is 5.32 Å². The van der Waals surface area contributed by atoms with Crippen LogP contribution in [0.15, 0.2) is 60.7 Å². The molecule has 0 aliphatic heterocycles. The number of hydrogen-bond acceptors (Lipinski definition) is 2. The van der Waals surface area contributed by atoms with Crippen LogP contribution in [0.4, 0.5) is 5.69 Å². The van der Waals surface area contributed by atoms with Crippen LogP contribution < -0.4 is 10.1 Å². The molecule has 0 saturated carbocycles. The third kappa shape index (κ3) is 3.52. The molecule has 3 nitrogen and oxygen atoms in total. The summed E-state index contributed by atoms with van der Waals surface area (Å²) in [5, 5.41) is 5.51. The first kappa shape index (κ1) is 16.3. The topological polar surface area (TPSA) is 38.3 Å². The van der Waals surface area contributed by atoms with E-state index < -0.39 is 6.10 Å². The van der Waals surface area contributed by atoms with Gasteiger partial charge in [-0.1, -0.05) is 54.1 Å². The van der Waals surface area contributed by atoms with Gasteiger partial charge in [-0.15, -0.1) is 0 Å². The van der Waals surface area contributed by atoms with E-state index in [9.17, 15) is 4.79 Å². The smallest absolute Gasteiger partial charge is 0.265 e. The van der Waals surface area contributed by atoms with Crippen LogP contribution in [0, 0.1) is 6.92 Å². The highest BCUT2D eigenvalue weighted by Gasteiger charge is 2.17. The average Bonchev–Trinajstić information content (AvgIpc) is 2.58. The second-order valence-electron chi connectivity index (χ2n) is 5.69. The zero-order chi connectivity index (χ0) is 17.1. The van der Waals surface area contributed by atoms with Crippen molar-refractivity contribution in [2.45, 2.75) is 20.0 Å². The fraction of sp³-hybridized carbons (Fsp3) is 0.150. The second kappa shape index (κ2) is 6.93. The van der Waals surface area contributed by atoms with Crippen LogP contribution in [-0.4, -0.2) is 12.0 Å². The molecule has 1 N–H and O–H groups in total. The van der Waals surface area contributed by atoms with Crippen molar-refractivity contribution >= 4 is 34.0 Å². The van der Waals surface area contributed by atoms with Crippen molar-refractivity contribution in [3.8, 4) is 5.75 Å². The molecule has 0 spiro atoms. The standard InChI is InChI=1S/C20H18ClNO2/c1-13-10-11-16(21)12-18(13)22-20(23)14(2)24-19-9-5-7-15-6-3-4-8-17(15)19/h3-12,14H,1-2H3,(H,22,23)/t14-/m1/s1. The summed E-state index contributed by atoms with van der Waals surface area (Å²) in [5.74, 6) is 0.479. The van der Waals surface area contributed by atoms with E-state index in [-0.39, 0.29) is 5.91 Å². The van der Waals surface area contributed by atoms with Crippen LogP contribution in [0.2, 0.25) is 5.02 Å². The third-order valence-electron chi connectivity index (χ3n) is 3.88. The Labute approximate surface area is 146 Å². The molecule has 4 heteroatoms. The Balaban J connectivity index is 1.77. The van der Waals surface area contributed by atoms with E-state index >= 15 is 0 Å². The molecule has 0 heterocycles. The minimum absolute atomic E-state index is 0.215. The lowest BCUT2D eigenvalue weighted by Gasteiger charge is -2.17. The first-order valence-electron chi connectivity index (χ1n) is 7.76. The quantitative estimate of drug-likeness (QED) is 0.708. The number of carbonyl (C=O) groups is 1. The largest absolute Gasteiger partial charge is 0.480 e. The number of rotatable bonds is 4. The van der Waals surface area contributed by atoms with E-state index in [0.29, 0.717) is 16.5 Å². The molecule has 3 aromatic rings. The molecule has 3 aromatic carbocycles. The molecule has 0 aromatic heterocycles. The van der Waals surface area contributed by atoms with Crippen LogP contribution in [0.3, 0.4) is 0 Å². The van der Waals surface area contributed by atoms with Crippen molar-refractivity contribution in [2.24, 2.45) is 0 Å². The lowest BCUT2D eigenvalue weighted by molar-refractivity contribution is -0.122. The number of aryl methyl sites for hydroxylation is 1. The van der Waals surface area contributed by atoms with Gasteiger partial charge in [-0.3, -0.25) is 4.79 Å². The van der Waals surface area contributed by atoms with Crippen LogP contribution in [0.1, 0.15) is 12.5 Å². The zero-order valence-electron chi connectivity index (χ0n) is 13.5. The molecular weight excluding hydrogens is 322 g/mol. The van der Waals surface area contributed by atoms with Gasteiger partial charge in [0, 0.05) is 16.1 Å². The Morgan fingerprint density at radius 2 is 1.83 bits per heavy atom. The van der Waals surface area contributed by atoms with Gasteiger partial charge >= 0.3 is 0 Å². The Kier molecular flexibility index (Phi) is 4.72. The molecule has 0 aliphatic rings. The highest BCUT2D eigenvalue weighted by molar-refractivity contribution is 6.31. The number of carbonyl (C=O) groups excluding carboxylic acids is 1. The van der Waals surface area contributed by atoms with Gasteiger partial charge in [0.2, 0.25) is 0 Å². The summed E-state index contributed by atoms with van der Waals surface area (Å²) in [7, 11) is 0. The number of hydrogen-bond donors (Lipinski definition) is 1. The Bertz CT molecular complexity index is 886. The Hall–Kier alpha value is -2.52. The molecule has 0 bridgehead atoms. The number of halogens is 1. The number of ether oxygens (including phenoxy) is 1. The minimum atomic E-state index is -0.630. The number of amides is 1. The van der Waals surface area contributed by atoms with E-state index in [1.165, 1.54) is 0 Å². The monoisotopic (exact) mass is 339 g/mol. The summed E-state index contributed by atoms with van der Waals surface area (Å²) in [6.07, 6.45) is -0.630. The predicted molar refractivity (Wildman–Crippen MR) is 98.9 cm³/mol. The summed E-state index contributed by atoms with van der Waals surface area (Å²) >= 11 is 5.99. The van der Waals surface area contributed by atoms with E-state index in [1.54, 1.807) is 19.1 Å². The highest BCUT2D eigenvalue weighted by Crippen LogP contribution is 2.26. The fourth-order valence-electron chi connectivity index (χ4n) is 2.51. The maximum Gasteiger partial charge on any atom is 0.265 e. The van der Waals surface area contributed by atoms with Crippen molar-refractivity contribution in [3.63, 3.8) is 0 Å². The van der Waals surface area contributed by atoms with Gasteiger partial charge in [-0.2, -0.15) is 0 Å². The minimum Gasteiger partial charge on any atom is -0.480 e. The SMILES string of the molecule is Cc1ccc(Cl)cc1NC(=O)[C@@H](C)Oc1cccc2ccccc12. The lowest BCUT2D eigenvalue weighted by atomic mass is 10.1. The van der Waals surface area contributed by atoms with Crippen molar-refractivity contribution in [3.05, 3.63) is 71.2 Å². The maximum atomic E-state index is 12.4. The summed E-state index contributed by atoms with van der Waals surface area (Å²) in [6.45, 7) is 3.65. The van der Waals surface area contributed by atoms with Gasteiger partial charge in [-0.25, -0.2) is 0 Å². The second-order valence-corrected chi connectivity index (χ2v) is 6.12. The molecule has 1 amide bonds. The molecular formula is C20H18ClNO2. The van der Waals surface area contributed by atoms with Gasteiger partial charge in [-0.05, 0) is 43.0 Å².